The molecule has 0 saturated heterocycles. The van der Waals surface area contributed by atoms with Gasteiger partial charge in [-0.15, -0.1) is 0 Å². The Morgan fingerprint density at radius 1 is 1.20 bits per heavy atom. The summed E-state index contributed by atoms with van der Waals surface area (Å²) in [6.45, 7) is 1.91. The van der Waals surface area contributed by atoms with E-state index in [-0.39, 0.29) is 5.91 Å². The molecular weight excluding hydrogens is 318 g/mol. The number of fused-ring (bicyclic) bond motifs is 1. The number of pyridine rings is 2. The lowest BCUT2D eigenvalue weighted by atomic mass is 10.2. The number of aryl methyl sites for hydroxylation is 2. The van der Waals surface area contributed by atoms with Crippen LogP contribution in [-0.2, 0) is 7.05 Å². The van der Waals surface area contributed by atoms with Gasteiger partial charge in [0.15, 0.2) is 5.65 Å². The van der Waals surface area contributed by atoms with Crippen molar-refractivity contribution >= 4 is 22.6 Å². The molecule has 0 atom stereocenters. The van der Waals surface area contributed by atoms with E-state index in [4.69, 9.17) is 0 Å². The number of imidazole rings is 1. The van der Waals surface area contributed by atoms with Crippen molar-refractivity contribution in [2.45, 2.75) is 6.92 Å². The fourth-order valence-corrected chi connectivity index (χ4v) is 2.65. The number of rotatable bonds is 3. The third kappa shape index (κ3) is 2.74. The molecule has 0 spiro atoms. The highest BCUT2D eigenvalue weighted by Gasteiger charge is 2.11. The summed E-state index contributed by atoms with van der Waals surface area (Å²) < 4.78 is 3.49. The van der Waals surface area contributed by atoms with Crippen molar-refractivity contribution < 1.29 is 4.79 Å². The van der Waals surface area contributed by atoms with Crippen LogP contribution < -0.4 is 5.32 Å². The molecule has 0 fully saturated rings. The molecule has 0 aromatic carbocycles. The van der Waals surface area contributed by atoms with E-state index in [9.17, 15) is 4.79 Å². The average Bonchev–Trinajstić information content (AvgIpc) is 3.24. The number of hydrogen-bond acceptors (Lipinski definition) is 5. The fraction of sp³-hybridized carbons (Fsp3) is 0.118. The van der Waals surface area contributed by atoms with Gasteiger partial charge in [0.1, 0.15) is 12.1 Å². The number of anilines is 1. The Kier molecular flexibility index (Phi) is 3.50. The largest absolute Gasteiger partial charge is 0.321 e. The maximum absolute atomic E-state index is 12.4. The normalized spacial score (nSPS) is 11.0. The molecule has 0 bridgehead atoms. The zero-order valence-electron chi connectivity index (χ0n) is 13.7. The minimum absolute atomic E-state index is 0.243. The third-order valence-electron chi connectivity index (χ3n) is 3.90. The predicted molar refractivity (Wildman–Crippen MR) is 92.6 cm³/mol. The number of aromatic nitrogens is 6. The van der Waals surface area contributed by atoms with Gasteiger partial charge in [-0.25, -0.2) is 15.0 Å². The summed E-state index contributed by atoms with van der Waals surface area (Å²) in [4.78, 5) is 25.0. The van der Waals surface area contributed by atoms with E-state index in [0.29, 0.717) is 17.1 Å². The first kappa shape index (κ1) is 15.0. The van der Waals surface area contributed by atoms with Crippen LogP contribution in [0.25, 0.3) is 16.9 Å². The number of carbonyl (C=O) groups is 1. The van der Waals surface area contributed by atoms with Crippen molar-refractivity contribution in [3.05, 3.63) is 60.6 Å². The van der Waals surface area contributed by atoms with Crippen LogP contribution in [0.15, 0.2) is 49.3 Å². The minimum atomic E-state index is -0.243. The van der Waals surface area contributed by atoms with Crippen molar-refractivity contribution in [1.82, 2.24) is 29.3 Å². The Hall–Kier alpha value is -3.55. The van der Waals surface area contributed by atoms with Crippen LogP contribution in [0.3, 0.4) is 0 Å². The first-order chi connectivity index (χ1) is 12.1. The fourth-order valence-electron chi connectivity index (χ4n) is 2.65. The molecular formula is C17H15N7O. The van der Waals surface area contributed by atoms with Gasteiger partial charge in [0.25, 0.3) is 5.91 Å². The van der Waals surface area contributed by atoms with Crippen LogP contribution in [-0.4, -0.2) is 35.2 Å². The molecule has 4 aromatic rings. The number of hydrogen-bond donors (Lipinski definition) is 1. The molecule has 0 aliphatic rings. The van der Waals surface area contributed by atoms with Crippen molar-refractivity contribution in [3.8, 4) is 5.82 Å². The van der Waals surface area contributed by atoms with Crippen molar-refractivity contribution in [3.63, 3.8) is 0 Å². The summed E-state index contributed by atoms with van der Waals surface area (Å²) in [5.41, 5.74) is 2.73. The molecule has 0 radical (unpaired) electrons. The van der Waals surface area contributed by atoms with Crippen molar-refractivity contribution in [2.75, 3.05) is 5.32 Å². The Labute approximate surface area is 143 Å². The lowest BCUT2D eigenvalue weighted by Gasteiger charge is -2.06. The van der Waals surface area contributed by atoms with E-state index in [1.165, 1.54) is 6.20 Å². The van der Waals surface area contributed by atoms with Crippen molar-refractivity contribution in [1.29, 1.82) is 0 Å². The van der Waals surface area contributed by atoms with Crippen LogP contribution in [0.4, 0.5) is 5.69 Å². The summed E-state index contributed by atoms with van der Waals surface area (Å²) in [7, 11) is 1.84. The lowest BCUT2D eigenvalue weighted by molar-refractivity contribution is 0.102. The molecule has 4 rings (SSSR count). The Balaban J connectivity index is 1.56. The van der Waals surface area contributed by atoms with Gasteiger partial charge in [0.2, 0.25) is 0 Å². The quantitative estimate of drug-likeness (QED) is 0.620. The Morgan fingerprint density at radius 2 is 2.08 bits per heavy atom. The Morgan fingerprint density at radius 3 is 2.80 bits per heavy atom. The van der Waals surface area contributed by atoms with Crippen molar-refractivity contribution in [2.24, 2.45) is 7.05 Å². The van der Waals surface area contributed by atoms with E-state index in [2.05, 4.69) is 25.4 Å². The summed E-state index contributed by atoms with van der Waals surface area (Å²) >= 11 is 0. The molecule has 1 amide bonds. The van der Waals surface area contributed by atoms with E-state index in [1.807, 2.05) is 20.0 Å². The second kappa shape index (κ2) is 5.82. The molecule has 8 nitrogen and oxygen atoms in total. The van der Waals surface area contributed by atoms with Crippen LogP contribution in [0, 0.1) is 6.92 Å². The maximum Gasteiger partial charge on any atom is 0.257 e. The van der Waals surface area contributed by atoms with Gasteiger partial charge in [0.05, 0.1) is 23.1 Å². The van der Waals surface area contributed by atoms with Crippen LogP contribution in [0.2, 0.25) is 0 Å². The number of nitrogens with zero attached hydrogens (tertiary/aromatic N) is 6. The van der Waals surface area contributed by atoms with E-state index < -0.39 is 0 Å². The number of nitrogens with one attached hydrogen (secondary N) is 1. The average molecular weight is 333 g/mol. The van der Waals surface area contributed by atoms with E-state index in [0.717, 1.165) is 16.7 Å². The molecule has 0 saturated carbocycles. The standard InChI is InChI=1S/C17H15N7O/c1-11-14-7-13(9-20-16(14)23(2)22-11)21-17(25)12-3-4-15(19-8-12)24-6-5-18-10-24/h3-10H,1-2H3,(H,21,25). The number of amides is 1. The second-order valence-electron chi connectivity index (χ2n) is 5.63. The smallest absolute Gasteiger partial charge is 0.257 e. The van der Waals surface area contributed by atoms with Crippen LogP contribution in [0.5, 0.6) is 0 Å². The van der Waals surface area contributed by atoms with Gasteiger partial charge in [-0.1, -0.05) is 0 Å². The highest BCUT2D eigenvalue weighted by atomic mass is 16.1. The lowest BCUT2D eigenvalue weighted by Crippen LogP contribution is -2.12. The molecule has 25 heavy (non-hydrogen) atoms. The molecule has 0 unspecified atom stereocenters. The number of carbonyl (C=O) groups excluding carboxylic acids is 1. The van der Waals surface area contributed by atoms with Gasteiger partial charge in [-0.2, -0.15) is 5.10 Å². The SMILES string of the molecule is Cc1nn(C)c2ncc(NC(=O)c3ccc(-n4ccnc4)nc3)cc12. The van der Waals surface area contributed by atoms with Gasteiger partial charge < -0.3 is 5.32 Å². The second-order valence-corrected chi connectivity index (χ2v) is 5.63. The van der Waals surface area contributed by atoms with Crippen LogP contribution >= 0.6 is 0 Å². The molecule has 124 valence electrons. The first-order valence-electron chi connectivity index (χ1n) is 7.67. The zero-order chi connectivity index (χ0) is 17.4. The molecule has 4 aromatic heterocycles. The molecule has 4 heterocycles. The first-order valence-corrected chi connectivity index (χ1v) is 7.67. The molecule has 0 aliphatic heterocycles. The van der Waals surface area contributed by atoms with Crippen LogP contribution in [0.1, 0.15) is 16.1 Å². The Bertz CT molecular complexity index is 1050. The summed E-state index contributed by atoms with van der Waals surface area (Å²) in [6.07, 6.45) is 8.27. The van der Waals surface area contributed by atoms with E-state index >= 15 is 0 Å². The highest BCUT2D eigenvalue weighted by Crippen LogP contribution is 2.19. The predicted octanol–water partition coefficient (Wildman–Crippen LogP) is 2.11. The topological polar surface area (TPSA) is 90.5 Å². The monoisotopic (exact) mass is 333 g/mol. The molecule has 0 aliphatic carbocycles. The summed E-state index contributed by atoms with van der Waals surface area (Å²) in [5, 5.41) is 8.08. The molecule has 8 heteroatoms. The third-order valence-corrected chi connectivity index (χ3v) is 3.90. The highest BCUT2D eigenvalue weighted by molar-refractivity contribution is 6.04. The van der Waals surface area contributed by atoms with Gasteiger partial charge >= 0.3 is 0 Å². The van der Waals surface area contributed by atoms with Gasteiger partial charge in [0, 0.05) is 31.0 Å². The van der Waals surface area contributed by atoms with Gasteiger partial charge in [-0.3, -0.25) is 14.0 Å². The van der Waals surface area contributed by atoms with E-state index in [1.54, 1.807) is 46.3 Å². The molecule has 1 N–H and O–H groups in total. The van der Waals surface area contributed by atoms with Gasteiger partial charge in [-0.05, 0) is 25.1 Å². The summed E-state index contributed by atoms with van der Waals surface area (Å²) in [5.74, 6) is 0.454. The summed E-state index contributed by atoms with van der Waals surface area (Å²) in [6, 6.07) is 5.36. The maximum atomic E-state index is 12.4. The minimum Gasteiger partial charge on any atom is -0.321 e. The zero-order valence-corrected chi connectivity index (χ0v) is 13.7.